The standard InChI is InChI=1S/C23H27NO/c24-17-23(22-9-5-2-6-10-22)25-18-21-15-13-20(14-16-21)12-11-19-7-3-1-4-8-19/h1-3,5-7,9-10,13-16,23H,4,8,11-12,17-18,24H2. The van der Waals surface area contributed by atoms with Gasteiger partial charge in [0, 0.05) is 6.54 Å². The van der Waals surface area contributed by atoms with Crippen molar-refractivity contribution in [3.63, 3.8) is 0 Å². The highest BCUT2D eigenvalue weighted by atomic mass is 16.5. The van der Waals surface area contributed by atoms with Crippen molar-refractivity contribution in [2.45, 2.75) is 38.4 Å². The second-order valence-electron chi connectivity index (χ2n) is 6.55. The van der Waals surface area contributed by atoms with Gasteiger partial charge in [-0.25, -0.2) is 0 Å². The SMILES string of the molecule is NCC(OCc1ccc(CCC2=CC=CCC2)cc1)c1ccccc1. The Labute approximate surface area is 151 Å². The largest absolute Gasteiger partial charge is 0.368 e. The van der Waals surface area contributed by atoms with E-state index in [-0.39, 0.29) is 6.10 Å². The summed E-state index contributed by atoms with van der Waals surface area (Å²) < 4.78 is 6.02. The first-order chi connectivity index (χ1) is 12.3. The van der Waals surface area contributed by atoms with E-state index in [9.17, 15) is 0 Å². The molecule has 2 aromatic carbocycles. The van der Waals surface area contributed by atoms with E-state index in [1.165, 1.54) is 24.0 Å². The van der Waals surface area contributed by atoms with E-state index in [0.29, 0.717) is 13.2 Å². The van der Waals surface area contributed by atoms with E-state index in [2.05, 4.69) is 54.6 Å². The second kappa shape index (κ2) is 9.36. The number of nitrogens with two attached hydrogens (primary N) is 1. The molecule has 3 rings (SSSR count). The minimum Gasteiger partial charge on any atom is -0.368 e. The van der Waals surface area contributed by atoms with Gasteiger partial charge in [-0.05, 0) is 42.4 Å². The van der Waals surface area contributed by atoms with Crippen molar-refractivity contribution in [2.75, 3.05) is 6.54 Å². The molecule has 2 aromatic rings. The van der Waals surface area contributed by atoms with Crippen LogP contribution >= 0.6 is 0 Å². The maximum atomic E-state index is 6.02. The van der Waals surface area contributed by atoms with Gasteiger partial charge in [-0.15, -0.1) is 0 Å². The zero-order valence-electron chi connectivity index (χ0n) is 14.7. The van der Waals surface area contributed by atoms with Crippen LogP contribution in [-0.2, 0) is 17.8 Å². The first-order valence-electron chi connectivity index (χ1n) is 9.14. The molecule has 2 heteroatoms. The average molecular weight is 333 g/mol. The molecule has 0 spiro atoms. The third kappa shape index (κ3) is 5.42. The Morgan fingerprint density at radius 1 is 0.920 bits per heavy atom. The molecule has 130 valence electrons. The zero-order chi connectivity index (χ0) is 17.3. The Hall–Kier alpha value is -2.16. The van der Waals surface area contributed by atoms with E-state index < -0.39 is 0 Å². The van der Waals surface area contributed by atoms with Gasteiger partial charge in [-0.3, -0.25) is 0 Å². The van der Waals surface area contributed by atoms with Gasteiger partial charge in [0.25, 0.3) is 0 Å². The summed E-state index contributed by atoms with van der Waals surface area (Å²) >= 11 is 0. The topological polar surface area (TPSA) is 35.2 Å². The first kappa shape index (κ1) is 17.7. The van der Waals surface area contributed by atoms with Crippen LogP contribution in [-0.4, -0.2) is 6.54 Å². The van der Waals surface area contributed by atoms with Crippen LogP contribution in [0, 0.1) is 0 Å². The molecule has 25 heavy (non-hydrogen) atoms. The summed E-state index contributed by atoms with van der Waals surface area (Å²) in [7, 11) is 0. The quantitative estimate of drug-likeness (QED) is 0.728. The highest BCUT2D eigenvalue weighted by Crippen LogP contribution is 2.20. The number of ether oxygens (including phenoxy) is 1. The molecule has 1 aliphatic rings. The molecule has 0 amide bonds. The summed E-state index contributed by atoms with van der Waals surface area (Å²) in [4.78, 5) is 0. The average Bonchev–Trinajstić information content (AvgIpc) is 2.69. The predicted molar refractivity (Wildman–Crippen MR) is 104 cm³/mol. The van der Waals surface area contributed by atoms with Gasteiger partial charge in [-0.2, -0.15) is 0 Å². The lowest BCUT2D eigenvalue weighted by Gasteiger charge is -2.16. The fourth-order valence-electron chi connectivity index (χ4n) is 3.13. The van der Waals surface area contributed by atoms with Crippen LogP contribution in [0.25, 0.3) is 0 Å². The highest BCUT2D eigenvalue weighted by Gasteiger charge is 2.09. The number of hydrogen-bond donors (Lipinski definition) is 1. The number of benzene rings is 2. The smallest absolute Gasteiger partial charge is 0.0951 e. The summed E-state index contributed by atoms with van der Waals surface area (Å²) in [6.45, 7) is 1.08. The lowest BCUT2D eigenvalue weighted by atomic mass is 9.97. The summed E-state index contributed by atoms with van der Waals surface area (Å²) in [6, 6.07) is 19.0. The van der Waals surface area contributed by atoms with E-state index in [1.54, 1.807) is 5.57 Å². The second-order valence-corrected chi connectivity index (χ2v) is 6.55. The summed E-state index contributed by atoms with van der Waals surface area (Å²) in [5, 5.41) is 0. The van der Waals surface area contributed by atoms with Gasteiger partial charge in [0.2, 0.25) is 0 Å². The molecule has 0 heterocycles. The van der Waals surface area contributed by atoms with Crippen LogP contribution < -0.4 is 5.73 Å². The van der Waals surface area contributed by atoms with Crippen LogP contribution in [0.3, 0.4) is 0 Å². The van der Waals surface area contributed by atoms with Crippen molar-refractivity contribution in [3.05, 3.63) is 95.1 Å². The molecule has 0 radical (unpaired) electrons. The molecule has 1 unspecified atom stereocenters. The molecule has 1 aliphatic carbocycles. The summed E-state index contributed by atoms with van der Waals surface area (Å²) in [6.07, 6.45) is 11.3. The van der Waals surface area contributed by atoms with E-state index in [0.717, 1.165) is 18.4 Å². The van der Waals surface area contributed by atoms with Gasteiger partial charge in [0.15, 0.2) is 0 Å². The van der Waals surface area contributed by atoms with Crippen molar-refractivity contribution < 1.29 is 4.74 Å². The Kier molecular flexibility index (Phi) is 6.61. The number of aryl methyl sites for hydroxylation is 1. The zero-order valence-corrected chi connectivity index (χ0v) is 14.7. The lowest BCUT2D eigenvalue weighted by molar-refractivity contribution is 0.0456. The van der Waals surface area contributed by atoms with Crippen molar-refractivity contribution in [3.8, 4) is 0 Å². The normalized spacial score (nSPS) is 15.0. The molecule has 2 N–H and O–H groups in total. The summed E-state index contributed by atoms with van der Waals surface area (Å²) in [5.74, 6) is 0. The fraction of sp³-hybridized carbons (Fsp3) is 0.304. The Morgan fingerprint density at radius 2 is 1.68 bits per heavy atom. The Balaban J connectivity index is 1.50. The van der Waals surface area contributed by atoms with Crippen molar-refractivity contribution in [1.29, 1.82) is 0 Å². The number of allylic oxidation sites excluding steroid dienone is 4. The molecule has 0 bridgehead atoms. The first-order valence-corrected chi connectivity index (χ1v) is 9.14. The third-order valence-corrected chi connectivity index (χ3v) is 4.69. The minimum atomic E-state index is -0.0489. The highest BCUT2D eigenvalue weighted by molar-refractivity contribution is 5.25. The van der Waals surface area contributed by atoms with Gasteiger partial charge in [-0.1, -0.05) is 78.4 Å². The fourth-order valence-corrected chi connectivity index (χ4v) is 3.13. The van der Waals surface area contributed by atoms with Crippen molar-refractivity contribution >= 4 is 0 Å². The monoisotopic (exact) mass is 333 g/mol. The minimum absolute atomic E-state index is 0.0489. The molecule has 2 nitrogen and oxygen atoms in total. The van der Waals surface area contributed by atoms with Crippen molar-refractivity contribution in [1.82, 2.24) is 0 Å². The Morgan fingerprint density at radius 3 is 2.36 bits per heavy atom. The maximum Gasteiger partial charge on any atom is 0.0951 e. The molecule has 0 saturated carbocycles. The number of rotatable bonds is 8. The molecular formula is C23H27NO. The van der Waals surface area contributed by atoms with Crippen LogP contribution in [0.4, 0.5) is 0 Å². The van der Waals surface area contributed by atoms with Gasteiger partial charge in [0.05, 0.1) is 12.7 Å². The van der Waals surface area contributed by atoms with Crippen LogP contribution in [0.2, 0.25) is 0 Å². The maximum absolute atomic E-state index is 6.02. The Bertz CT molecular complexity index is 701. The van der Waals surface area contributed by atoms with E-state index in [1.807, 2.05) is 18.2 Å². The molecule has 0 aliphatic heterocycles. The van der Waals surface area contributed by atoms with E-state index in [4.69, 9.17) is 10.5 Å². The van der Waals surface area contributed by atoms with Crippen LogP contribution in [0.5, 0.6) is 0 Å². The molecule has 1 atom stereocenters. The van der Waals surface area contributed by atoms with E-state index >= 15 is 0 Å². The lowest BCUT2D eigenvalue weighted by Crippen LogP contribution is -2.15. The van der Waals surface area contributed by atoms with Crippen molar-refractivity contribution in [2.24, 2.45) is 5.73 Å². The molecular weight excluding hydrogens is 306 g/mol. The van der Waals surface area contributed by atoms with Crippen LogP contribution in [0.1, 0.15) is 42.1 Å². The molecule has 0 saturated heterocycles. The van der Waals surface area contributed by atoms with Gasteiger partial charge >= 0.3 is 0 Å². The third-order valence-electron chi connectivity index (χ3n) is 4.69. The molecule has 0 aromatic heterocycles. The van der Waals surface area contributed by atoms with Gasteiger partial charge < -0.3 is 10.5 Å². The van der Waals surface area contributed by atoms with Gasteiger partial charge in [0.1, 0.15) is 0 Å². The number of hydrogen-bond acceptors (Lipinski definition) is 2. The summed E-state index contributed by atoms with van der Waals surface area (Å²) in [5.41, 5.74) is 11.1. The van der Waals surface area contributed by atoms with Crippen LogP contribution in [0.15, 0.2) is 78.4 Å². The predicted octanol–water partition coefficient (Wildman–Crippen LogP) is 5.11. The molecule has 0 fully saturated rings.